The van der Waals surface area contributed by atoms with Crippen LogP contribution in [0.25, 0.3) is 10.9 Å². The summed E-state index contributed by atoms with van der Waals surface area (Å²) in [6.45, 7) is 1.92. The van der Waals surface area contributed by atoms with E-state index < -0.39 is 0 Å². The topological polar surface area (TPSA) is 38.7 Å². The molecule has 4 heteroatoms. The lowest BCUT2D eigenvalue weighted by molar-refractivity contribution is 0.993. The van der Waals surface area contributed by atoms with Crippen molar-refractivity contribution in [3.8, 4) is 0 Å². The largest absolute Gasteiger partial charge is 0.240 e. The SMILES string of the molecule is Cc1nncc2ccc(I)nc12. The Labute approximate surface area is 83.4 Å². The number of pyridine rings is 1. The molecule has 0 amide bonds. The van der Waals surface area contributed by atoms with Gasteiger partial charge in [-0.3, -0.25) is 0 Å². The first-order chi connectivity index (χ1) is 5.77. The lowest BCUT2D eigenvalue weighted by Crippen LogP contribution is -1.91. The summed E-state index contributed by atoms with van der Waals surface area (Å²) in [5, 5.41) is 8.83. The Morgan fingerprint density at radius 2 is 2.17 bits per heavy atom. The Morgan fingerprint density at radius 1 is 1.33 bits per heavy atom. The molecule has 2 aromatic rings. The number of aromatic nitrogens is 3. The van der Waals surface area contributed by atoms with Crippen molar-refractivity contribution in [2.24, 2.45) is 0 Å². The second-order valence-electron chi connectivity index (χ2n) is 2.50. The van der Waals surface area contributed by atoms with E-state index in [9.17, 15) is 0 Å². The molecule has 0 aliphatic heterocycles. The van der Waals surface area contributed by atoms with Gasteiger partial charge in [0, 0.05) is 5.39 Å². The number of aryl methyl sites for hydroxylation is 1. The number of fused-ring (bicyclic) bond motifs is 1. The molecule has 0 aliphatic rings. The molecule has 0 fully saturated rings. The van der Waals surface area contributed by atoms with Crippen molar-refractivity contribution in [1.29, 1.82) is 0 Å². The maximum atomic E-state index is 4.36. The molecule has 2 heterocycles. The van der Waals surface area contributed by atoms with E-state index in [1.54, 1.807) is 6.20 Å². The van der Waals surface area contributed by atoms with Crippen LogP contribution in [0.1, 0.15) is 5.69 Å². The third-order valence-corrected chi connectivity index (χ3v) is 2.24. The van der Waals surface area contributed by atoms with Crippen molar-refractivity contribution < 1.29 is 0 Å². The Bertz CT molecular complexity index is 428. The van der Waals surface area contributed by atoms with Crippen molar-refractivity contribution in [2.45, 2.75) is 6.92 Å². The Hall–Kier alpha value is -0.780. The molecule has 2 rings (SSSR count). The van der Waals surface area contributed by atoms with E-state index in [1.165, 1.54) is 0 Å². The van der Waals surface area contributed by atoms with Crippen molar-refractivity contribution in [3.63, 3.8) is 0 Å². The van der Waals surface area contributed by atoms with E-state index >= 15 is 0 Å². The fourth-order valence-corrected chi connectivity index (χ4v) is 1.49. The monoisotopic (exact) mass is 271 g/mol. The molecule has 2 aromatic heterocycles. The molecule has 0 saturated heterocycles. The molecule has 0 aliphatic carbocycles. The highest BCUT2D eigenvalue weighted by atomic mass is 127. The first kappa shape index (κ1) is 7.85. The van der Waals surface area contributed by atoms with Gasteiger partial charge in [-0.2, -0.15) is 10.2 Å². The highest BCUT2D eigenvalue weighted by Crippen LogP contribution is 2.13. The van der Waals surface area contributed by atoms with Gasteiger partial charge in [-0.15, -0.1) is 0 Å². The van der Waals surface area contributed by atoms with E-state index in [2.05, 4.69) is 37.8 Å². The van der Waals surface area contributed by atoms with Crippen LogP contribution in [0.4, 0.5) is 0 Å². The number of rotatable bonds is 0. The summed E-state index contributed by atoms with van der Waals surface area (Å²) in [5.74, 6) is 0. The van der Waals surface area contributed by atoms with Gasteiger partial charge < -0.3 is 0 Å². The minimum atomic E-state index is 0.881. The first-order valence-corrected chi connectivity index (χ1v) is 4.60. The van der Waals surface area contributed by atoms with Gasteiger partial charge in [-0.1, -0.05) is 0 Å². The van der Waals surface area contributed by atoms with Crippen LogP contribution in [0.5, 0.6) is 0 Å². The molecule has 0 spiro atoms. The van der Waals surface area contributed by atoms with E-state index in [0.29, 0.717) is 0 Å². The summed E-state index contributed by atoms with van der Waals surface area (Å²) in [6.07, 6.45) is 1.73. The normalized spacial score (nSPS) is 10.5. The summed E-state index contributed by atoms with van der Waals surface area (Å²) >= 11 is 2.19. The number of nitrogens with zero attached hydrogens (tertiary/aromatic N) is 3. The number of hydrogen-bond donors (Lipinski definition) is 0. The molecule has 0 N–H and O–H groups in total. The third kappa shape index (κ3) is 1.26. The first-order valence-electron chi connectivity index (χ1n) is 3.52. The highest BCUT2D eigenvalue weighted by molar-refractivity contribution is 14.1. The van der Waals surface area contributed by atoms with Crippen LogP contribution >= 0.6 is 22.6 Å². The van der Waals surface area contributed by atoms with Gasteiger partial charge in [0.1, 0.15) is 3.70 Å². The Balaban J connectivity index is 2.88. The summed E-state index contributed by atoms with van der Waals surface area (Å²) in [6, 6.07) is 3.97. The zero-order chi connectivity index (χ0) is 8.55. The fraction of sp³-hybridized carbons (Fsp3) is 0.125. The van der Waals surface area contributed by atoms with Gasteiger partial charge in [-0.05, 0) is 41.6 Å². The molecule has 0 aromatic carbocycles. The summed E-state index contributed by atoms with van der Waals surface area (Å²) in [7, 11) is 0. The zero-order valence-electron chi connectivity index (χ0n) is 6.45. The second-order valence-corrected chi connectivity index (χ2v) is 3.61. The molecular formula is C8H6IN3. The molecule has 3 nitrogen and oxygen atoms in total. The second kappa shape index (κ2) is 2.93. The average Bonchev–Trinajstić information content (AvgIpc) is 2.07. The van der Waals surface area contributed by atoms with Crippen LogP contribution in [0.15, 0.2) is 18.3 Å². The molecule has 60 valence electrons. The van der Waals surface area contributed by atoms with Crippen molar-refractivity contribution in [1.82, 2.24) is 15.2 Å². The molecule has 12 heavy (non-hydrogen) atoms. The fourth-order valence-electron chi connectivity index (χ4n) is 1.07. The summed E-state index contributed by atoms with van der Waals surface area (Å²) in [4.78, 5) is 4.36. The molecule has 0 bridgehead atoms. The van der Waals surface area contributed by atoms with Gasteiger partial charge in [0.15, 0.2) is 0 Å². The van der Waals surface area contributed by atoms with Crippen LogP contribution in [0, 0.1) is 10.6 Å². The maximum Gasteiger partial charge on any atom is 0.102 e. The van der Waals surface area contributed by atoms with E-state index in [-0.39, 0.29) is 0 Å². The van der Waals surface area contributed by atoms with E-state index in [0.717, 1.165) is 20.3 Å². The molecule has 0 unspecified atom stereocenters. The van der Waals surface area contributed by atoms with Crippen molar-refractivity contribution in [3.05, 3.63) is 27.7 Å². The van der Waals surface area contributed by atoms with Crippen LogP contribution in [0.3, 0.4) is 0 Å². The molecular weight excluding hydrogens is 265 g/mol. The average molecular weight is 271 g/mol. The van der Waals surface area contributed by atoms with Crippen molar-refractivity contribution in [2.75, 3.05) is 0 Å². The minimum Gasteiger partial charge on any atom is -0.240 e. The summed E-state index contributed by atoms with van der Waals surface area (Å²) in [5.41, 5.74) is 1.82. The molecule has 0 radical (unpaired) electrons. The van der Waals surface area contributed by atoms with Crippen molar-refractivity contribution >= 4 is 33.5 Å². The Kier molecular flexibility index (Phi) is 1.92. The third-order valence-electron chi connectivity index (χ3n) is 1.64. The molecule has 0 atom stereocenters. The Morgan fingerprint density at radius 3 is 3.00 bits per heavy atom. The lowest BCUT2D eigenvalue weighted by atomic mass is 10.2. The zero-order valence-corrected chi connectivity index (χ0v) is 8.61. The maximum absolute atomic E-state index is 4.36. The smallest absolute Gasteiger partial charge is 0.102 e. The quantitative estimate of drug-likeness (QED) is 0.543. The van der Waals surface area contributed by atoms with Gasteiger partial charge in [-0.25, -0.2) is 4.98 Å². The highest BCUT2D eigenvalue weighted by Gasteiger charge is 1.99. The number of hydrogen-bond acceptors (Lipinski definition) is 3. The van der Waals surface area contributed by atoms with Crippen LogP contribution in [-0.2, 0) is 0 Å². The van der Waals surface area contributed by atoms with Crippen LogP contribution in [-0.4, -0.2) is 15.2 Å². The van der Waals surface area contributed by atoms with Gasteiger partial charge in [0.2, 0.25) is 0 Å². The standard InChI is InChI=1S/C8H6IN3/c1-5-8-6(4-10-12-5)2-3-7(9)11-8/h2-4H,1H3. The summed E-state index contributed by atoms with van der Waals surface area (Å²) < 4.78 is 0.983. The predicted molar refractivity (Wildman–Crippen MR) is 54.8 cm³/mol. The van der Waals surface area contributed by atoms with Gasteiger partial charge in [0.05, 0.1) is 17.4 Å². The minimum absolute atomic E-state index is 0.881. The van der Waals surface area contributed by atoms with E-state index in [4.69, 9.17) is 0 Å². The molecule has 0 saturated carbocycles. The predicted octanol–water partition coefficient (Wildman–Crippen LogP) is 1.94. The lowest BCUT2D eigenvalue weighted by Gasteiger charge is -1.98. The van der Waals surface area contributed by atoms with E-state index in [1.807, 2.05) is 19.1 Å². The van der Waals surface area contributed by atoms with Crippen LogP contribution < -0.4 is 0 Å². The van der Waals surface area contributed by atoms with Gasteiger partial charge >= 0.3 is 0 Å². The van der Waals surface area contributed by atoms with Crippen LogP contribution in [0.2, 0.25) is 0 Å². The van der Waals surface area contributed by atoms with Gasteiger partial charge in [0.25, 0.3) is 0 Å². The number of halogens is 1.